The molecular weight excluding hydrogens is 318 g/mol. The van der Waals surface area contributed by atoms with E-state index in [2.05, 4.69) is 24.1 Å². The Balaban J connectivity index is 2.67. The van der Waals surface area contributed by atoms with E-state index in [0.29, 0.717) is 39.6 Å². The van der Waals surface area contributed by atoms with Gasteiger partial charge in [0.05, 0.1) is 32.1 Å². The van der Waals surface area contributed by atoms with Crippen LogP contribution in [-0.2, 0) is 14.2 Å². The van der Waals surface area contributed by atoms with Crippen molar-refractivity contribution in [3.63, 3.8) is 0 Å². The third-order valence-corrected chi connectivity index (χ3v) is 3.44. The Kier molecular flexibility index (Phi) is 12.3. The largest absolute Gasteiger partial charge is 0.489 e. The highest BCUT2D eigenvalue weighted by Crippen LogP contribution is 2.28. The van der Waals surface area contributed by atoms with Crippen LogP contribution in [0.4, 0.5) is 5.69 Å². The van der Waals surface area contributed by atoms with Gasteiger partial charge in [-0.15, -0.1) is 13.2 Å². The van der Waals surface area contributed by atoms with Crippen LogP contribution < -0.4 is 9.64 Å². The molecule has 0 saturated heterocycles. The molecule has 0 spiro atoms. The number of rotatable bonds is 16. The van der Waals surface area contributed by atoms with Crippen LogP contribution in [0.1, 0.15) is 6.42 Å². The molecule has 0 radical (unpaired) electrons. The van der Waals surface area contributed by atoms with Crippen molar-refractivity contribution < 1.29 is 18.9 Å². The Morgan fingerprint density at radius 1 is 0.920 bits per heavy atom. The van der Waals surface area contributed by atoms with Gasteiger partial charge in [0, 0.05) is 26.8 Å². The predicted octanol–water partition coefficient (Wildman–Crippen LogP) is 3.31. The van der Waals surface area contributed by atoms with E-state index in [-0.39, 0.29) is 0 Å². The molecule has 0 aliphatic heterocycles. The van der Waals surface area contributed by atoms with E-state index in [4.69, 9.17) is 18.9 Å². The van der Waals surface area contributed by atoms with Gasteiger partial charge >= 0.3 is 0 Å². The van der Waals surface area contributed by atoms with E-state index in [1.165, 1.54) is 0 Å². The summed E-state index contributed by atoms with van der Waals surface area (Å²) in [5, 5.41) is 0. The number of ether oxygens (including phenoxy) is 4. The van der Waals surface area contributed by atoms with Gasteiger partial charge < -0.3 is 23.8 Å². The molecule has 0 saturated carbocycles. The second-order valence-corrected chi connectivity index (χ2v) is 5.38. The fourth-order valence-electron chi connectivity index (χ4n) is 2.29. The topological polar surface area (TPSA) is 40.2 Å². The first-order chi connectivity index (χ1) is 12.3. The van der Waals surface area contributed by atoms with Crippen LogP contribution in [-0.4, -0.2) is 59.8 Å². The Hall–Kier alpha value is -1.82. The molecule has 25 heavy (non-hydrogen) atoms. The third kappa shape index (κ3) is 9.29. The molecule has 0 amide bonds. The average molecular weight is 349 g/mol. The highest BCUT2D eigenvalue weighted by atomic mass is 16.5. The van der Waals surface area contributed by atoms with Gasteiger partial charge in [0.2, 0.25) is 0 Å². The van der Waals surface area contributed by atoms with Gasteiger partial charge in [0.15, 0.2) is 0 Å². The molecule has 5 heteroatoms. The summed E-state index contributed by atoms with van der Waals surface area (Å²) in [5.74, 6) is 0.857. The first-order valence-corrected chi connectivity index (χ1v) is 8.66. The molecule has 5 nitrogen and oxygen atoms in total. The van der Waals surface area contributed by atoms with Gasteiger partial charge in [-0.05, 0) is 18.6 Å². The molecule has 0 unspecified atom stereocenters. The minimum absolute atomic E-state index is 0.525. The lowest BCUT2D eigenvalue weighted by atomic mass is 10.2. The van der Waals surface area contributed by atoms with Crippen LogP contribution in [0.5, 0.6) is 5.75 Å². The van der Waals surface area contributed by atoms with Gasteiger partial charge in [-0.2, -0.15) is 0 Å². The Labute approximate surface area is 151 Å². The fraction of sp³-hybridized carbons (Fsp3) is 0.500. The lowest BCUT2D eigenvalue weighted by Gasteiger charge is -2.27. The molecular formula is C20H31NO4. The van der Waals surface area contributed by atoms with Crippen molar-refractivity contribution in [2.24, 2.45) is 0 Å². The standard InChI is InChI=1S/C20H31NO4/c1-4-13-23-15-8-11-21(12-16-24-14-5-2)19-9-6-7-10-20(19)25-18-17-22-3/h4-7,9-10H,1-2,8,11-18H2,3H3. The van der Waals surface area contributed by atoms with Crippen LogP contribution in [0, 0.1) is 0 Å². The van der Waals surface area contributed by atoms with Gasteiger partial charge in [-0.1, -0.05) is 24.3 Å². The Morgan fingerprint density at radius 3 is 2.36 bits per heavy atom. The zero-order valence-corrected chi connectivity index (χ0v) is 15.3. The van der Waals surface area contributed by atoms with Gasteiger partial charge in [0.25, 0.3) is 0 Å². The molecule has 1 rings (SSSR count). The van der Waals surface area contributed by atoms with E-state index in [0.717, 1.165) is 30.9 Å². The first-order valence-electron chi connectivity index (χ1n) is 8.66. The number of benzene rings is 1. The third-order valence-electron chi connectivity index (χ3n) is 3.44. The van der Waals surface area contributed by atoms with E-state index in [1.807, 2.05) is 18.2 Å². The predicted molar refractivity (Wildman–Crippen MR) is 103 cm³/mol. The summed E-state index contributed by atoms with van der Waals surface area (Å²) >= 11 is 0. The second kappa shape index (κ2) is 14.5. The number of nitrogens with zero attached hydrogens (tertiary/aromatic N) is 1. The van der Waals surface area contributed by atoms with Crippen molar-refractivity contribution in [3.05, 3.63) is 49.6 Å². The summed E-state index contributed by atoms with van der Waals surface area (Å²) in [7, 11) is 1.67. The van der Waals surface area contributed by atoms with E-state index in [9.17, 15) is 0 Å². The van der Waals surface area contributed by atoms with E-state index in [1.54, 1.807) is 19.3 Å². The van der Waals surface area contributed by atoms with Crippen molar-refractivity contribution in [1.82, 2.24) is 0 Å². The number of anilines is 1. The molecule has 0 heterocycles. The maximum Gasteiger partial charge on any atom is 0.142 e. The maximum absolute atomic E-state index is 5.86. The molecule has 0 aliphatic rings. The lowest BCUT2D eigenvalue weighted by molar-refractivity contribution is 0.146. The zero-order chi connectivity index (χ0) is 18.2. The van der Waals surface area contributed by atoms with Crippen LogP contribution in [0.3, 0.4) is 0 Å². The van der Waals surface area contributed by atoms with Gasteiger partial charge in [0.1, 0.15) is 12.4 Å². The van der Waals surface area contributed by atoms with Crippen molar-refractivity contribution in [2.45, 2.75) is 6.42 Å². The molecule has 0 atom stereocenters. The SMILES string of the molecule is C=CCOCCCN(CCOCC=C)c1ccccc1OCCOC. The molecule has 0 bridgehead atoms. The zero-order valence-electron chi connectivity index (χ0n) is 15.3. The number of hydrogen-bond acceptors (Lipinski definition) is 5. The van der Waals surface area contributed by atoms with Crippen LogP contribution in [0.2, 0.25) is 0 Å². The summed E-state index contributed by atoms with van der Waals surface area (Å²) in [4.78, 5) is 2.27. The van der Waals surface area contributed by atoms with Crippen LogP contribution >= 0.6 is 0 Å². The fourth-order valence-corrected chi connectivity index (χ4v) is 2.29. The normalized spacial score (nSPS) is 10.4. The van der Waals surface area contributed by atoms with E-state index < -0.39 is 0 Å². The highest BCUT2D eigenvalue weighted by molar-refractivity contribution is 5.58. The number of para-hydroxylation sites is 2. The maximum atomic E-state index is 5.86. The van der Waals surface area contributed by atoms with Crippen molar-refractivity contribution in [3.8, 4) is 5.75 Å². The quantitative estimate of drug-likeness (QED) is 0.338. The second-order valence-electron chi connectivity index (χ2n) is 5.38. The molecule has 1 aromatic rings. The Bertz CT molecular complexity index is 479. The summed E-state index contributed by atoms with van der Waals surface area (Å²) in [6.45, 7) is 12.5. The highest BCUT2D eigenvalue weighted by Gasteiger charge is 2.12. The minimum Gasteiger partial charge on any atom is -0.489 e. The average Bonchev–Trinajstić information content (AvgIpc) is 2.64. The summed E-state index contributed by atoms with van der Waals surface area (Å²) < 4.78 is 22.0. The Morgan fingerprint density at radius 2 is 1.64 bits per heavy atom. The lowest BCUT2D eigenvalue weighted by Crippen LogP contribution is -2.30. The molecule has 140 valence electrons. The smallest absolute Gasteiger partial charge is 0.142 e. The van der Waals surface area contributed by atoms with Crippen molar-refractivity contribution in [1.29, 1.82) is 0 Å². The summed E-state index contributed by atoms with van der Waals surface area (Å²) in [5.41, 5.74) is 1.06. The molecule has 1 aromatic carbocycles. The molecule has 0 fully saturated rings. The van der Waals surface area contributed by atoms with Crippen molar-refractivity contribution in [2.75, 3.05) is 64.7 Å². The monoisotopic (exact) mass is 349 g/mol. The van der Waals surface area contributed by atoms with Crippen molar-refractivity contribution >= 4 is 5.69 Å². The molecule has 0 aromatic heterocycles. The molecule has 0 N–H and O–H groups in total. The first kappa shape index (κ1) is 21.2. The van der Waals surface area contributed by atoms with Gasteiger partial charge in [-0.3, -0.25) is 0 Å². The van der Waals surface area contributed by atoms with E-state index >= 15 is 0 Å². The summed E-state index contributed by atoms with van der Waals surface area (Å²) in [6.07, 6.45) is 4.44. The van der Waals surface area contributed by atoms with Crippen LogP contribution in [0.25, 0.3) is 0 Å². The molecule has 0 aliphatic carbocycles. The number of methoxy groups -OCH3 is 1. The van der Waals surface area contributed by atoms with Gasteiger partial charge in [-0.25, -0.2) is 0 Å². The minimum atomic E-state index is 0.525. The van der Waals surface area contributed by atoms with Crippen LogP contribution in [0.15, 0.2) is 49.6 Å². The summed E-state index contributed by atoms with van der Waals surface area (Å²) in [6, 6.07) is 8.05. The number of hydrogen-bond donors (Lipinski definition) is 0.